The summed E-state index contributed by atoms with van der Waals surface area (Å²) in [5.41, 5.74) is 4.88. The van der Waals surface area contributed by atoms with Gasteiger partial charge >= 0.3 is 0 Å². The summed E-state index contributed by atoms with van der Waals surface area (Å²) < 4.78 is 28.2. The molecule has 1 saturated carbocycles. The lowest BCUT2D eigenvalue weighted by Crippen LogP contribution is -2.28. The van der Waals surface area contributed by atoms with Crippen molar-refractivity contribution in [1.29, 1.82) is 0 Å². The normalized spacial score (nSPS) is 14.1. The number of anilines is 1. The second-order valence-corrected chi connectivity index (χ2v) is 11.1. The summed E-state index contributed by atoms with van der Waals surface area (Å²) in [5, 5.41) is 3.65. The fourth-order valence-electron chi connectivity index (χ4n) is 4.28. The van der Waals surface area contributed by atoms with E-state index in [9.17, 15) is 13.2 Å². The third-order valence-corrected chi connectivity index (χ3v) is 8.42. The topological polar surface area (TPSA) is 68.2 Å². The number of amides is 1. The van der Waals surface area contributed by atoms with Crippen LogP contribution in [0.1, 0.15) is 36.0 Å². The first-order valence-corrected chi connectivity index (χ1v) is 13.5. The van der Waals surface area contributed by atoms with Crippen molar-refractivity contribution in [3.05, 3.63) is 108 Å². The van der Waals surface area contributed by atoms with Crippen LogP contribution in [0.4, 0.5) is 5.69 Å². The molecule has 1 heterocycles. The summed E-state index contributed by atoms with van der Waals surface area (Å²) >= 11 is 0. The Hall–Kier alpha value is -3.90. The first kappa shape index (κ1) is 23.8. The highest BCUT2D eigenvalue weighted by molar-refractivity contribution is 7.90. The van der Waals surface area contributed by atoms with E-state index in [4.69, 9.17) is 0 Å². The largest absolute Gasteiger partial charge is 0.324 e. The van der Waals surface area contributed by atoms with Crippen molar-refractivity contribution in [1.82, 2.24) is 3.97 Å². The van der Waals surface area contributed by atoms with Crippen LogP contribution in [0.15, 0.2) is 96.5 Å². The van der Waals surface area contributed by atoms with Gasteiger partial charge in [-0.15, -0.1) is 0 Å². The van der Waals surface area contributed by atoms with Gasteiger partial charge in [-0.25, -0.2) is 12.4 Å². The van der Waals surface area contributed by atoms with Gasteiger partial charge in [-0.3, -0.25) is 4.79 Å². The summed E-state index contributed by atoms with van der Waals surface area (Å²) in [4.78, 5) is 13.0. The number of hydrogen-bond donors (Lipinski definition) is 1. The number of aryl methyl sites for hydroxylation is 1. The maximum absolute atomic E-state index is 13.5. The molecule has 5 rings (SSSR count). The standard InChI is InChI=1S/C30H28N2O3S/c1-21-11-14-23(15-12-21)16-13-22(2)25-17-18-29-27(19-25)28(31-30(33)24-7-6-8-24)20-32(29)36(34,35)26-9-4-3-5-10-26/h3-5,9-20,24H,2,6-8H2,1H3,(H,31,33)/b16-13+. The van der Waals surface area contributed by atoms with Crippen LogP contribution in [0.2, 0.25) is 0 Å². The molecule has 0 atom stereocenters. The smallest absolute Gasteiger partial charge is 0.268 e. The minimum Gasteiger partial charge on any atom is -0.324 e. The lowest BCUT2D eigenvalue weighted by molar-refractivity contribution is -0.122. The van der Waals surface area contributed by atoms with Gasteiger partial charge in [-0.05, 0) is 60.7 Å². The van der Waals surface area contributed by atoms with Crippen LogP contribution in [0.25, 0.3) is 22.6 Å². The van der Waals surface area contributed by atoms with Crippen molar-refractivity contribution in [2.24, 2.45) is 5.92 Å². The van der Waals surface area contributed by atoms with E-state index in [0.717, 1.165) is 36.0 Å². The average molecular weight is 497 g/mol. The number of nitrogens with one attached hydrogen (secondary N) is 1. The predicted molar refractivity (Wildman–Crippen MR) is 146 cm³/mol. The van der Waals surface area contributed by atoms with Crippen molar-refractivity contribution in [2.75, 3.05) is 5.32 Å². The van der Waals surface area contributed by atoms with Crippen LogP contribution in [0, 0.1) is 12.8 Å². The third kappa shape index (κ3) is 4.64. The van der Waals surface area contributed by atoms with E-state index in [2.05, 4.69) is 24.0 Å². The molecule has 1 fully saturated rings. The summed E-state index contributed by atoms with van der Waals surface area (Å²) in [6.45, 7) is 6.26. The molecule has 182 valence electrons. The van der Waals surface area contributed by atoms with Crippen molar-refractivity contribution in [2.45, 2.75) is 31.1 Å². The molecule has 4 aromatic rings. The van der Waals surface area contributed by atoms with E-state index < -0.39 is 10.0 Å². The second-order valence-electron chi connectivity index (χ2n) is 9.27. The van der Waals surface area contributed by atoms with Gasteiger partial charge in [0, 0.05) is 17.5 Å². The number of rotatable bonds is 7. The predicted octanol–water partition coefficient (Wildman–Crippen LogP) is 6.65. The van der Waals surface area contributed by atoms with Gasteiger partial charge in [0.1, 0.15) is 0 Å². The molecule has 0 aliphatic heterocycles. The fourth-order valence-corrected chi connectivity index (χ4v) is 5.67. The molecule has 1 N–H and O–H groups in total. The molecule has 1 aromatic heterocycles. The Morgan fingerprint density at radius 3 is 2.42 bits per heavy atom. The zero-order chi connectivity index (χ0) is 25.3. The molecular weight excluding hydrogens is 468 g/mol. The summed E-state index contributed by atoms with van der Waals surface area (Å²) in [7, 11) is -3.85. The minimum atomic E-state index is -3.85. The van der Waals surface area contributed by atoms with Crippen molar-refractivity contribution >= 4 is 44.2 Å². The molecule has 1 aliphatic rings. The van der Waals surface area contributed by atoms with Crippen LogP contribution in [-0.4, -0.2) is 18.3 Å². The lowest BCUT2D eigenvalue weighted by Gasteiger charge is -2.23. The first-order chi connectivity index (χ1) is 17.3. The van der Waals surface area contributed by atoms with E-state index in [-0.39, 0.29) is 16.7 Å². The third-order valence-electron chi connectivity index (χ3n) is 6.73. The van der Waals surface area contributed by atoms with E-state index >= 15 is 0 Å². The maximum atomic E-state index is 13.5. The van der Waals surface area contributed by atoms with Gasteiger partial charge in [0.15, 0.2) is 0 Å². The van der Waals surface area contributed by atoms with Gasteiger partial charge in [0.2, 0.25) is 5.91 Å². The molecule has 3 aromatic carbocycles. The Labute approximate surface area is 211 Å². The Morgan fingerprint density at radius 1 is 1.03 bits per heavy atom. The molecule has 6 heteroatoms. The van der Waals surface area contributed by atoms with Crippen molar-refractivity contribution < 1.29 is 13.2 Å². The Bertz CT molecular complexity index is 1580. The highest BCUT2D eigenvalue weighted by atomic mass is 32.2. The molecular formula is C30H28N2O3S. The van der Waals surface area contributed by atoms with Gasteiger partial charge in [0.25, 0.3) is 10.0 Å². The zero-order valence-corrected chi connectivity index (χ0v) is 21.0. The van der Waals surface area contributed by atoms with Gasteiger partial charge in [-0.1, -0.05) is 79.2 Å². The van der Waals surface area contributed by atoms with Crippen LogP contribution < -0.4 is 5.32 Å². The number of nitrogens with zero attached hydrogens (tertiary/aromatic N) is 1. The van der Waals surface area contributed by atoms with Gasteiger partial charge in [-0.2, -0.15) is 0 Å². The van der Waals surface area contributed by atoms with Crippen LogP contribution in [-0.2, 0) is 14.8 Å². The molecule has 5 nitrogen and oxygen atoms in total. The summed E-state index contributed by atoms with van der Waals surface area (Å²) in [5.74, 6) is -0.0920. The van der Waals surface area contributed by atoms with Gasteiger partial charge < -0.3 is 5.32 Å². The van der Waals surface area contributed by atoms with E-state index in [1.165, 1.54) is 15.7 Å². The monoisotopic (exact) mass is 496 g/mol. The molecule has 0 bridgehead atoms. The zero-order valence-electron chi connectivity index (χ0n) is 20.1. The molecule has 0 spiro atoms. The number of benzene rings is 3. The molecule has 0 saturated heterocycles. The molecule has 1 aliphatic carbocycles. The fraction of sp³-hybridized carbons (Fsp3) is 0.167. The molecule has 0 radical (unpaired) electrons. The molecule has 0 unspecified atom stereocenters. The van der Waals surface area contributed by atoms with E-state index in [1.54, 1.807) is 36.4 Å². The SMILES string of the molecule is C=C(/C=C/c1ccc(C)cc1)c1ccc2c(c1)c(NC(=O)C1CCC1)cn2S(=O)(=O)c1ccccc1. The summed E-state index contributed by atoms with van der Waals surface area (Å²) in [6.07, 6.45) is 8.21. The van der Waals surface area contributed by atoms with Gasteiger partial charge in [0.05, 0.1) is 16.1 Å². The highest BCUT2D eigenvalue weighted by Gasteiger charge is 2.27. The number of aromatic nitrogens is 1. The molecule has 1 amide bonds. The maximum Gasteiger partial charge on any atom is 0.268 e. The Balaban J connectivity index is 1.55. The summed E-state index contributed by atoms with van der Waals surface area (Å²) in [6, 6.07) is 22.0. The first-order valence-electron chi connectivity index (χ1n) is 12.0. The number of carbonyl (C=O) groups excluding carboxylic acids is 1. The Kier molecular flexibility index (Phi) is 6.37. The van der Waals surface area contributed by atoms with Crippen LogP contribution >= 0.6 is 0 Å². The number of fused-ring (bicyclic) bond motifs is 1. The number of hydrogen-bond acceptors (Lipinski definition) is 3. The number of carbonyl (C=O) groups is 1. The van der Waals surface area contributed by atoms with Crippen LogP contribution in [0.5, 0.6) is 0 Å². The molecule has 36 heavy (non-hydrogen) atoms. The highest BCUT2D eigenvalue weighted by Crippen LogP contribution is 2.34. The Morgan fingerprint density at radius 2 is 1.75 bits per heavy atom. The number of allylic oxidation sites excluding steroid dienone is 2. The second kappa shape index (κ2) is 9.63. The van der Waals surface area contributed by atoms with Crippen molar-refractivity contribution in [3.8, 4) is 0 Å². The quantitative estimate of drug-likeness (QED) is 0.291. The van der Waals surface area contributed by atoms with Crippen molar-refractivity contribution in [3.63, 3.8) is 0 Å². The lowest BCUT2D eigenvalue weighted by atomic mass is 9.85. The van der Waals surface area contributed by atoms with E-state index in [1.807, 2.05) is 43.3 Å². The average Bonchev–Trinajstić information content (AvgIpc) is 3.21. The minimum absolute atomic E-state index is 0.0234. The van der Waals surface area contributed by atoms with Crippen LogP contribution in [0.3, 0.4) is 0 Å². The van der Waals surface area contributed by atoms with E-state index in [0.29, 0.717) is 16.6 Å².